The summed E-state index contributed by atoms with van der Waals surface area (Å²) < 4.78 is 0. The smallest absolute Gasteiger partial charge is 0.233 e. The summed E-state index contributed by atoms with van der Waals surface area (Å²) in [6, 6.07) is 7.84. The third kappa shape index (κ3) is 5.38. The van der Waals surface area contributed by atoms with Gasteiger partial charge in [0, 0.05) is 18.8 Å². The summed E-state index contributed by atoms with van der Waals surface area (Å²) in [7, 11) is 0. The molecular formula is C19H28N2O2. The minimum Gasteiger partial charge on any atom is -0.342 e. The molecule has 0 bridgehead atoms. The molecule has 0 radical (unpaired) electrons. The number of likely N-dealkylation sites (tertiary alicyclic amines) is 1. The van der Waals surface area contributed by atoms with Gasteiger partial charge in [-0.2, -0.15) is 0 Å². The van der Waals surface area contributed by atoms with Crippen molar-refractivity contribution in [1.82, 2.24) is 4.90 Å². The SMILES string of the molecule is CC(C)(C)c1ccc(NC(=O)CC(=O)N2CCCCCC2)cc1. The van der Waals surface area contributed by atoms with Gasteiger partial charge in [-0.3, -0.25) is 9.59 Å². The van der Waals surface area contributed by atoms with Gasteiger partial charge < -0.3 is 10.2 Å². The molecule has 1 aromatic rings. The highest BCUT2D eigenvalue weighted by Crippen LogP contribution is 2.23. The largest absolute Gasteiger partial charge is 0.342 e. The molecule has 2 amide bonds. The lowest BCUT2D eigenvalue weighted by molar-refractivity contribution is -0.134. The number of rotatable bonds is 3. The Morgan fingerprint density at radius 2 is 1.57 bits per heavy atom. The van der Waals surface area contributed by atoms with E-state index in [0.29, 0.717) is 0 Å². The van der Waals surface area contributed by atoms with Crippen LogP contribution >= 0.6 is 0 Å². The summed E-state index contributed by atoms with van der Waals surface area (Å²) >= 11 is 0. The average Bonchev–Trinajstić information content (AvgIpc) is 2.75. The van der Waals surface area contributed by atoms with Gasteiger partial charge in [0.1, 0.15) is 6.42 Å². The fraction of sp³-hybridized carbons (Fsp3) is 0.579. The quantitative estimate of drug-likeness (QED) is 0.864. The number of amides is 2. The molecule has 1 aliphatic heterocycles. The van der Waals surface area contributed by atoms with E-state index in [2.05, 4.69) is 26.1 Å². The third-order valence-corrected chi connectivity index (χ3v) is 4.31. The zero-order valence-electron chi connectivity index (χ0n) is 14.5. The van der Waals surface area contributed by atoms with Crippen molar-refractivity contribution in [2.24, 2.45) is 0 Å². The van der Waals surface area contributed by atoms with Crippen LogP contribution in [0.15, 0.2) is 24.3 Å². The van der Waals surface area contributed by atoms with E-state index in [9.17, 15) is 9.59 Å². The summed E-state index contributed by atoms with van der Waals surface area (Å²) in [4.78, 5) is 26.1. The summed E-state index contributed by atoms with van der Waals surface area (Å²) in [5.41, 5.74) is 2.05. The van der Waals surface area contributed by atoms with Crippen molar-refractivity contribution in [2.45, 2.75) is 58.3 Å². The minimum absolute atomic E-state index is 0.0595. The van der Waals surface area contributed by atoms with Gasteiger partial charge in [-0.05, 0) is 36.0 Å². The second-order valence-electron chi connectivity index (χ2n) is 7.35. The second kappa shape index (κ2) is 7.62. The molecule has 4 nitrogen and oxygen atoms in total. The first kappa shape index (κ1) is 17.5. The molecule has 1 fully saturated rings. The molecule has 1 aliphatic rings. The minimum atomic E-state index is -0.234. The van der Waals surface area contributed by atoms with E-state index in [0.717, 1.165) is 31.6 Å². The molecule has 1 saturated heterocycles. The first-order valence-corrected chi connectivity index (χ1v) is 8.54. The van der Waals surface area contributed by atoms with Crippen molar-refractivity contribution < 1.29 is 9.59 Å². The fourth-order valence-corrected chi connectivity index (χ4v) is 2.83. The second-order valence-corrected chi connectivity index (χ2v) is 7.35. The highest BCUT2D eigenvalue weighted by molar-refractivity contribution is 6.03. The van der Waals surface area contributed by atoms with Gasteiger partial charge in [-0.15, -0.1) is 0 Å². The van der Waals surface area contributed by atoms with Crippen LogP contribution in [-0.4, -0.2) is 29.8 Å². The molecule has 23 heavy (non-hydrogen) atoms. The molecule has 2 rings (SSSR count). The maximum absolute atomic E-state index is 12.2. The van der Waals surface area contributed by atoms with Gasteiger partial charge in [0.25, 0.3) is 0 Å². The molecule has 0 spiro atoms. The molecule has 4 heteroatoms. The average molecular weight is 316 g/mol. The Bertz CT molecular complexity index is 535. The zero-order valence-corrected chi connectivity index (χ0v) is 14.5. The van der Waals surface area contributed by atoms with Crippen LogP contribution in [0.4, 0.5) is 5.69 Å². The number of carbonyl (C=O) groups is 2. The first-order valence-electron chi connectivity index (χ1n) is 8.54. The molecule has 0 atom stereocenters. The van der Waals surface area contributed by atoms with Gasteiger partial charge in [0.2, 0.25) is 11.8 Å². The lowest BCUT2D eigenvalue weighted by atomic mass is 9.87. The van der Waals surface area contributed by atoms with Crippen LogP contribution in [0.1, 0.15) is 58.4 Å². The molecule has 0 saturated carbocycles. The first-order chi connectivity index (χ1) is 10.9. The highest BCUT2D eigenvalue weighted by Gasteiger charge is 2.19. The Hall–Kier alpha value is -1.84. The maximum atomic E-state index is 12.2. The van der Waals surface area contributed by atoms with Crippen LogP contribution in [0.3, 0.4) is 0 Å². The molecule has 1 aromatic carbocycles. The van der Waals surface area contributed by atoms with E-state index in [4.69, 9.17) is 0 Å². The van der Waals surface area contributed by atoms with E-state index >= 15 is 0 Å². The van der Waals surface area contributed by atoms with Crippen LogP contribution in [0.25, 0.3) is 0 Å². The van der Waals surface area contributed by atoms with Crippen LogP contribution in [0.5, 0.6) is 0 Å². The van der Waals surface area contributed by atoms with E-state index in [-0.39, 0.29) is 23.7 Å². The van der Waals surface area contributed by atoms with Gasteiger partial charge in [0.15, 0.2) is 0 Å². The molecule has 0 aromatic heterocycles. The lowest BCUT2D eigenvalue weighted by Crippen LogP contribution is -2.34. The van der Waals surface area contributed by atoms with Gasteiger partial charge in [-0.1, -0.05) is 45.7 Å². The Morgan fingerprint density at radius 3 is 2.09 bits per heavy atom. The topological polar surface area (TPSA) is 49.4 Å². The monoisotopic (exact) mass is 316 g/mol. The fourth-order valence-electron chi connectivity index (χ4n) is 2.83. The van der Waals surface area contributed by atoms with Crippen molar-refractivity contribution >= 4 is 17.5 Å². The van der Waals surface area contributed by atoms with Crippen molar-refractivity contribution in [3.63, 3.8) is 0 Å². The molecule has 1 N–H and O–H groups in total. The molecule has 126 valence electrons. The van der Waals surface area contributed by atoms with Crippen molar-refractivity contribution in [1.29, 1.82) is 0 Å². The number of carbonyl (C=O) groups excluding carboxylic acids is 2. The van der Waals surface area contributed by atoms with Crippen molar-refractivity contribution in [3.05, 3.63) is 29.8 Å². The summed E-state index contributed by atoms with van der Waals surface area (Å²) in [5.74, 6) is -0.293. The Labute approximate surface area is 139 Å². The highest BCUT2D eigenvalue weighted by atomic mass is 16.2. The van der Waals surface area contributed by atoms with Crippen molar-refractivity contribution in [2.75, 3.05) is 18.4 Å². The molecule has 1 heterocycles. The standard InChI is InChI=1S/C19H28N2O2/c1-19(2,3)15-8-10-16(11-9-15)20-17(22)14-18(23)21-12-6-4-5-7-13-21/h8-11H,4-7,12-14H2,1-3H3,(H,20,22). The Kier molecular flexibility index (Phi) is 5.80. The normalized spacial score (nSPS) is 15.9. The predicted molar refractivity (Wildman–Crippen MR) is 93.4 cm³/mol. The number of hydrogen-bond acceptors (Lipinski definition) is 2. The van der Waals surface area contributed by atoms with Crippen LogP contribution in [-0.2, 0) is 15.0 Å². The van der Waals surface area contributed by atoms with Crippen molar-refractivity contribution in [3.8, 4) is 0 Å². The molecule has 0 unspecified atom stereocenters. The summed E-state index contributed by atoms with van der Waals surface area (Å²) in [5, 5.41) is 2.82. The van der Waals surface area contributed by atoms with Crippen LogP contribution < -0.4 is 5.32 Å². The van der Waals surface area contributed by atoms with Gasteiger partial charge in [-0.25, -0.2) is 0 Å². The maximum Gasteiger partial charge on any atom is 0.233 e. The Morgan fingerprint density at radius 1 is 1.00 bits per heavy atom. The number of anilines is 1. The Balaban J connectivity index is 1.87. The van der Waals surface area contributed by atoms with Gasteiger partial charge in [0.05, 0.1) is 0 Å². The number of nitrogens with zero attached hydrogens (tertiary/aromatic N) is 1. The number of benzene rings is 1. The summed E-state index contributed by atoms with van der Waals surface area (Å²) in [6.45, 7) is 8.03. The third-order valence-electron chi connectivity index (χ3n) is 4.31. The van der Waals surface area contributed by atoms with E-state index in [1.807, 2.05) is 29.2 Å². The van der Waals surface area contributed by atoms with E-state index in [1.54, 1.807) is 0 Å². The zero-order chi connectivity index (χ0) is 16.9. The number of nitrogens with one attached hydrogen (secondary N) is 1. The molecule has 0 aliphatic carbocycles. The van der Waals surface area contributed by atoms with Crippen LogP contribution in [0.2, 0.25) is 0 Å². The summed E-state index contributed by atoms with van der Waals surface area (Å²) in [6.07, 6.45) is 4.37. The van der Waals surface area contributed by atoms with E-state index < -0.39 is 0 Å². The number of hydrogen-bond donors (Lipinski definition) is 1. The predicted octanol–water partition coefficient (Wildman–Crippen LogP) is 3.72. The lowest BCUT2D eigenvalue weighted by Gasteiger charge is -2.20. The van der Waals surface area contributed by atoms with Gasteiger partial charge >= 0.3 is 0 Å². The van der Waals surface area contributed by atoms with E-state index in [1.165, 1.54) is 18.4 Å². The molecular weight excluding hydrogens is 288 g/mol. The van der Waals surface area contributed by atoms with Crippen LogP contribution in [0, 0.1) is 0 Å².